The van der Waals surface area contributed by atoms with Crippen molar-refractivity contribution in [2.45, 2.75) is 32.0 Å². The predicted molar refractivity (Wildman–Crippen MR) is 109 cm³/mol. The van der Waals surface area contributed by atoms with Gasteiger partial charge in [-0.15, -0.1) is 0 Å². The number of allylic oxidation sites excluding steroid dienone is 2. The third-order valence-electron chi connectivity index (χ3n) is 4.65. The highest BCUT2D eigenvalue weighted by Gasteiger charge is 2.50. The third kappa shape index (κ3) is 2.95. The number of carbonyl (C=O) groups is 1. The Morgan fingerprint density at radius 1 is 1.21 bits per heavy atom. The predicted octanol–water partition coefficient (Wildman–Crippen LogP) is 4.20. The number of anilines is 1. The Hall–Kier alpha value is -3.00. The number of amides is 1. The first-order valence-electron chi connectivity index (χ1n) is 8.99. The van der Waals surface area contributed by atoms with Gasteiger partial charge in [-0.1, -0.05) is 6.08 Å². The lowest BCUT2D eigenvalue weighted by molar-refractivity contribution is 0.0212. The Bertz CT molecular complexity index is 1080. The summed E-state index contributed by atoms with van der Waals surface area (Å²) in [6.07, 6.45) is 6.54. The van der Waals surface area contributed by atoms with Crippen LogP contribution in [0.25, 0.3) is 10.9 Å². The van der Waals surface area contributed by atoms with Gasteiger partial charge in [-0.2, -0.15) is 0 Å². The molecule has 2 aromatic rings. The van der Waals surface area contributed by atoms with Crippen molar-refractivity contribution in [2.24, 2.45) is 0 Å². The molecular weight excluding hydrogens is 396 g/mol. The van der Waals surface area contributed by atoms with Crippen LogP contribution in [0.5, 0.6) is 11.5 Å². The monoisotopic (exact) mass is 416 g/mol. The van der Waals surface area contributed by atoms with Gasteiger partial charge in [0.1, 0.15) is 11.4 Å². The topological polar surface area (TPSA) is 85.8 Å². The van der Waals surface area contributed by atoms with Crippen LogP contribution in [0.1, 0.15) is 26.3 Å². The van der Waals surface area contributed by atoms with Gasteiger partial charge in [0.2, 0.25) is 5.28 Å². The zero-order valence-corrected chi connectivity index (χ0v) is 17.5. The maximum Gasteiger partial charge on any atom is 0.416 e. The second kappa shape index (κ2) is 6.52. The van der Waals surface area contributed by atoms with Crippen molar-refractivity contribution in [1.29, 1.82) is 0 Å². The molecule has 1 aromatic carbocycles. The summed E-state index contributed by atoms with van der Waals surface area (Å²) in [6, 6.07) is 1.73. The molecule has 0 saturated carbocycles. The molecule has 152 valence electrons. The van der Waals surface area contributed by atoms with Gasteiger partial charge in [-0.25, -0.2) is 14.8 Å². The smallest absolute Gasteiger partial charge is 0.416 e. The van der Waals surface area contributed by atoms with Crippen LogP contribution in [0, 0.1) is 0 Å². The van der Waals surface area contributed by atoms with Crippen molar-refractivity contribution >= 4 is 34.4 Å². The summed E-state index contributed by atoms with van der Waals surface area (Å²) in [7, 11) is 3.08. The molecule has 3 heterocycles. The van der Waals surface area contributed by atoms with Gasteiger partial charge < -0.3 is 19.5 Å². The Kier molecular flexibility index (Phi) is 4.34. The number of ether oxygens (including phenoxy) is 3. The minimum absolute atomic E-state index is 0.0781. The number of nitrogens with zero attached hydrogens (tertiary/aromatic N) is 3. The van der Waals surface area contributed by atoms with Gasteiger partial charge in [-0.3, -0.25) is 4.90 Å². The number of carbonyl (C=O) groups excluding carboxylic acids is 1. The zero-order chi connectivity index (χ0) is 21.0. The van der Waals surface area contributed by atoms with E-state index in [9.17, 15) is 4.79 Å². The summed E-state index contributed by atoms with van der Waals surface area (Å²) in [6.45, 7) is 5.44. The van der Waals surface area contributed by atoms with E-state index in [1.54, 1.807) is 25.5 Å². The van der Waals surface area contributed by atoms with Gasteiger partial charge in [0.25, 0.3) is 0 Å². The largest absolute Gasteiger partial charge is 0.493 e. The Morgan fingerprint density at radius 2 is 1.97 bits per heavy atom. The van der Waals surface area contributed by atoms with Crippen LogP contribution in [0.2, 0.25) is 5.28 Å². The Balaban J connectivity index is 2.00. The normalized spacial score (nSPS) is 19.6. The van der Waals surface area contributed by atoms with Crippen LogP contribution < -0.4 is 14.8 Å². The lowest BCUT2D eigenvalue weighted by atomic mass is 9.94. The number of nitrogens with one attached hydrogen (secondary N) is 1. The number of benzene rings is 1. The first-order valence-corrected chi connectivity index (χ1v) is 9.37. The SMILES string of the molecule is COc1cc2nc(Cl)nc3c2c(c1OC)C1(C=CC=CN1C(=O)OC(C)(C)C)N3. The van der Waals surface area contributed by atoms with Crippen LogP contribution >= 0.6 is 11.6 Å². The fourth-order valence-electron chi connectivity index (χ4n) is 3.63. The van der Waals surface area contributed by atoms with Crippen LogP contribution in [-0.4, -0.2) is 40.8 Å². The molecule has 8 nitrogen and oxygen atoms in total. The van der Waals surface area contributed by atoms with E-state index in [1.165, 1.54) is 12.0 Å². The van der Waals surface area contributed by atoms with Crippen molar-refractivity contribution in [3.8, 4) is 11.5 Å². The van der Waals surface area contributed by atoms with Crippen molar-refractivity contribution in [2.75, 3.05) is 19.5 Å². The molecule has 1 aromatic heterocycles. The number of aromatic nitrogens is 2. The first-order chi connectivity index (χ1) is 13.7. The maximum atomic E-state index is 13.1. The number of hydrogen-bond donors (Lipinski definition) is 1. The van der Waals surface area contributed by atoms with E-state index in [0.717, 1.165) is 0 Å². The van der Waals surface area contributed by atoms with E-state index in [0.29, 0.717) is 33.8 Å². The highest BCUT2D eigenvalue weighted by atomic mass is 35.5. The molecule has 2 aliphatic heterocycles. The van der Waals surface area contributed by atoms with Crippen LogP contribution in [0.3, 0.4) is 0 Å². The molecule has 0 bridgehead atoms. The quantitative estimate of drug-likeness (QED) is 0.734. The van der Waals surface area contributed by atoms with E-state index in [1.807, 2.05) is 32.9 Å². The number of hydrogen-bond acceptors (Lipinski definition) is 7. The fourth-order valence-corrected chi connectivity index (χ4v) is 3.80. The number of rotatable bonds is 2. The summed E-state index contributed by atoms with van der Waals surface area (Å²) in [5.41, 5.74) is -0.594. The molecule has 1 amide bonds. The maximum absolute atomic E-state index is 13.1. The lowest BCUT2D eigenvalue weighted by Crippen LogP contribution is -2.51. The Labute approximate surface area is 173 Å². The first kappa shape index (κ1) is 19.3. The van der Waals surface area contributed by atoms with Crippen LogP contribution in [0.4, 0.5) is 10.6 Å². The minimum Gasteiger partial charge on any atom is -0.493 e. The molecule has 29 heavy (non-hydrogen) atoms. The van der Waals surface area contributed by atoms with Crippen LogP contribution in [0.15, 0.2) is 30.5 Å². The van der Waals surface area contributed by atoms with Crippen molar-refractivity contribution < 1.29 is 19.0 Å². The zero-order valence-electron chi connectivity index (χ0n) is 16.7. The van der Waals surface area contributed by atoms with E-state index in [2.05, 4.69) is 15.3 Å². The van der Waals surface area contributed by atoms with Gasteiger partial charge in [0.15, 0.2) is 17.2 Å². The summed E-state index contributed by atoms with van der Waals surface area (Å²) >= 11 is 6.14. The molecule has 0 saturated heterocycles. The summed E-state index contributed by atoms with van der Waals surface area (Å²) in [4.78, 5) is 23.2. The van der Waals surface area contributed by atoms with Crippen molar-refractivity contribution in [1.82, 2.24) is 14.9 Å². The second-order valence-corrected chi connectivity index (χ2v) is 8.00. The lowest BCUT2D eigenvalue weighted by Gasteiger charge is -2.40. The molecule has 9 heteroatoms. The van der Waals surface area contributed by atoms with Gasteiger partial charge in [-0.05, 0) is 44.5 Å². The number of halogens is 1. The minimum atomic E-state index is -1.14. The van der Waals surface area contributed by atoms with Crippen molar-refractivity contribution in [3.63, 3.8) is 0 Å². The Morgan fingerprint density at radius 3 is 2.62 bits per heavy atom. The van der Waals surface area contributed by atoms with Gasteiger partial charge in [0, 0.05) is 12.3 Å². The molecule has 1 spiro atoms. The molecule has 1 atom stereocenters. The molecule has 0 radical (unpaired) electrons. The fraction of sp³-hybridized carbons (Fsp3) is 0.350. The average molecular weight is 417 g/mol. The highest BCUT2D eigenvalue weighted by Crippen LogP contribution is 2.53. The molecule has 1 unspecified atom stereocenters. The average Bonchev–Trinajstić information content (AvgIpc) is 2.95. The van der Waals surface area contributed by atoms with Gasteiger partial charge >= 0.3 is 6.09 Å². The van der Waals surface area contributed by atoms with Crippen molar-refractivity contribution in [3.05, 3.63) is 41.3 Å². The molecule has 4 rings (SSSR count). The standard InChI is InChI=1S/C20H21ClN4O4/c1-19(2,3)29-18(26)25-9-7-6-8-20(25)14-13-11(10-12(27-4)15(14)28-5)22-17(21)23-16(13)24-20/h6-10H,1-5H3,(H,22,23,24). The van der Waals surface area contributed by atoms with E-state index < -0.39 is 17.4 Å². The van der Waals surface area contributed by atoms with E-state index in [4.69, 9.17) is 25.8 Å². The highest BCUT2D eigenvalue weighted by molar-refractivity contribution is 6.29. The van der Waals surface area contributed by atoms with Crippen LogP contribution in [-0.2, 0) is 10.4 Å². The summed E-state index contributed by atoms with van der Waals surface area (Å²) in [5, 5.41) is 4.10. The molecule has 0 fully saturated rings. The number of fused-ring (bicyclic) bond motifs is 1. The molecule has 0 aliphatic carbocycles. The molecule has 1 N–H and O–H groups in total. The van der Waals surface area contributed by atoms with E-state index in [-0.39, 0.29) is 5.28 Å². The third-order valence-corrected chi connectivity index (χ3v) is 4.82. The number of methoxy groups -OCH3 is 2. The van der Waals surface area contributed by atoms with E-state index >= 15 is 0 Å². The molecular formula is C20H21ClN4O4. The second-order valence-electron chi connectivity index (χ2n) is 7.66. The summed E-state index contributed by atoms with van der Waals surface area (Å²) < 4.78 is 16.9. The summed E-state index contributed by atoms with van der Waals surface area (Å²) in [5.74, 6) is 1.42. The molecule has 2 aliphatic rings. The van der Waals surface area contributed by atoms with Gasteiger partial charge in [0.05, 0.1) is 30.7 Å².